The van der Waals surface area contributed by atoms with Crippen molar-refractivity contribution in [2.45, 2.75) is 31.4 Å². The molecular formula is C15H22N2O3. The number of carbonyl (C=O) groups excluding carboxylic acids is 1. The van der Waals surface area contributed by atoms with Gasteiger partial charge in [-0.25, -0.2) is 0 Å². The van der Waals surface area contributed by atoms with E-state index in [1.54, 1.807) is 19.4 Å². The van der Waals surface area contributed by atoms with Crippen LogP contribution in [0.25, 0.3) is 0 Å². The molecule has 3 heterocycles. The van der Waals surface area contributed by atoms with Crippen molar-refractivity contribution in [3.8, 4) is 0 Å². The summed E-state index contributed by atoms with van der Waals surface area (Å²) >= 11 is 0. The summed E-state index contributed by atoms with van der Waals surface area (Å²) in [5, 5.41) is 0. The number of rotatable bonds is 4. The highest BCUT2D eigenvalue weighted by Crippen LogP contribution is 2.24. The van der Waals surface area contributed by atoms with E-state index in [4.69, 9.17) is 9.15 Å². The first-order valence-electron chi connectivity index (χ1n) is 7.36. The van der Waals surface area contributed by atoms with Gasteiger partial charge in [0.1, 0.15) is 6.26 Å². The van der Waals surface area contributed by atoms with Crippen molar-refractivity contribution in [3.63, 3.8) is 0 Å². The van der Waals surface area contributed by atoms with Crippen LogP contribution >= 0.6 is 0 Å². The SMILES string of the molecule is CO[C@H]1C[C@@H](CN2CCCC2)N(C(=O)c2ccoc2)C1. The third kappa shape index (κ3) is 2.74. The Morgan fingerprint density at radius 2 is 2.25 bits per heavy atom. The first-order valence-corrected chi connectivity index (χ1v) is 7.36. The first-order chi connectivity index (χ1) is 9.78. The molecule has 2 fully saturated rings. The number of carbonyl (C=O) groups is 1. The number of hydrogen-bond acceptors (Lipinski definition) is 4. The lowest BCUT2D eigenvalue weighted by molar-refractivity contribution is 0.0669. The van der Waals surface area contributed by atoms with Gasteiger partial charge >= 0.3 is 0 Å². The predicted molar refractivity (Wildman–Crippen MR) is 74.6 cm³/mol. The van der Waals surface area contributed by atoms with Crippen molar-refractivity contribution in [1.29, 1.82) is 0 Å². The Bertz CT molecular complexity index is 440. The molecule has 20 heavy (non-hydrogen) atoms. The zero-order valence-corrected chi connectivity index (χ0v) is 12.0. The highest BCUT2D eigenvalue weighted by molar-refractivity contribution is 5.94. The second-order valence-corrected chi connectivity index (χ2v) is 5.72. The minimum Gasteiger partial charge on any atom is -0.472 e. The molecule has 5 heteroatoms. The van der Waals surface area contributed by atoms with Crippen molar-refractivity contribution in [2.75, 3.05) is 33.3 Å². The third-order valence-corrected chi connectivity index (χ3v) is 4.41. The smallest absolute Gasteiger partial charge is 0.257 e. The molecule has 2 atom stereocenters. The van der Waals surface area contributed by atoms with Gasteiger partial charge in [-0.1, -0.05) is 0 Å². The number of ether oxygens (including phenoxy) is 1. The largest absolute Gasteiger partial charge is 0.472 e. The average Bonchev–Trinajstić information content (AvgIpc) is 3.20. The highest BCUT2D eigenvalue weighted by Gasteiger charge is 2.37. The molecule has 0 N–H and O–H groups in total. The van der Waals surface area contributed by atoms with Crippen LogP contribution < -0.4 is 0 Å². The van der Waals surface area contributed by atoms with Gasteiger partial charge in [0.15, 0.2) is 0 Å². The fourth-order valence-electron chi connectivity index (χ4n) is 3.28. The van der Waals surface area contributed by atoms with Crippen LogP contribution in [0.5, 0.6) is 0 Å². The third-order valence-electron chi connectivity index (χ3n) is 4.41. The quantitative estimate of drug-likeness (QED) is 0.839. The molecular weight excluding hydrogens is 256 g/mol. The highest BCUT2D eigenvalue weighted by atomic mass is 16.5. The Labute approximate surface area is 119 Å². The van der Waals surface area contributed by atoms with E-state index >= 15 is 0 Å². The molecule has 0 unspecified atom stereocenters. The maximum Gasteiger partial charge on any atom is 0.257 e. The monoisotopic (exact) mass is 278 g/mol. The Hall–Kier alpha value is -1.33. The summed E-state index contributed by atoms with van der Waals surface area (Å²) in [6.07, 6.45) is 6.70. The molecule has 2 saturated heterocycles. The summed E-state index contributed by atoms with van der Waals surface area (Å²) < 4.78 is 10.5. The van der Waals surface area contributed by atoms with Gasteiger partial charge in [0.2, 0.25) is 0 Å². The van der Waals surface area contributed by atoms with E-state index in [2.05, 4.69) is 4.90 Å². The van der Waals surface area contributed by atoms with Crippen LogP contribution in [-0.2, 0) is 4.74 Å². The van der Waals surface area contributed by atoms with Gasteiger partial charge in [-0.05, 0) is 38.4 Å². The molecule has 2 aliphatic rings. The van der Waals surface area contributed by atoms with Crippen molar-refractivity contribution < 1.29 is 13.9 Å². The number of furan rings is 1. The van der Waals surface area contributed by atoms with Crippen molar-refractivity contribution >= 4 is 5.91 Å². The van der Waals surface area contributed by atoms with Crippen LogP contribution in [0.4, 0.5) is 0 Å². The van der Waals surface area contributed by atoms with E-state index < -0.39 is 0 Å². The zero-order valence-electron chi connectivity index (χ0n) is 12.0. The van der Waals surface area contributed by atoms with Gasteiger partial charge in [-0.15, -0.1) is 0 Å². The first kappa shape index (κ1) is 13.6. The van der Waals surface area contributed by atoms with Crippen LogP contribution in [0, 0.1) is 0 Å². The molecule has 0 saturated carbocycles. The molecule has 1 aromatic heterocycles. The fraction of sp³-hybridized carbons (Fsp3) is 0.667. The summed E-state index contributed by atoms with van der Waals surface area (Å²) in [5.74, 6) is 0.0579. The molecule has 5 nitrogen and oxygen atoms in total. The molecule has 1 amide bonds. The Morgan fingerprint density at radius 1 is 1.45 bits per heavy atom. The molecule has 3 rings (SSSR count). The molecule has 0 aromatic carbocycles. The molecule has 0 bridgehead atoms. The Morgan fingerprint density at radius 3 is 2.90 bits per heavy atom. The van der Waals surface area contributed by atoms with Crippen molar-refractivity contribution in [1.82, 2.24) is 9.80 Å². The maximum atomic E-state index is 12.5. The normalized spacial score (nSPS) is 27.4. The summed E-state index contributed by atoms with van der Waals surface area (Å²) in [6.45, 7) is 3.95. The van der Waals surface area contributed by atoms with E-state index in [0.717, 1.165) is 26.1 Å². The number of amides is 1. The molecule has 110 valence electrons. The van der Waals surface area contributed by atoms with E-state index in [0.29, 0.717) is 12.1 Å². The molecule has 0 spiro atoms. The number of likely N-dealkylation sites (tertiary alicyclic amines) is 2. The number of methoxy groups -OCH3 is 1. The molecule has 1 aromatic rings. The Kier molecular flexibility index (Phi) is 4.08. The van der Waals surface area contributed by atoms with Gasteiger partial charge in [0, 0.05) is 26.2 Å². The predicted octanol–water partition coefficient (Wildman–Crippen LogP) is 1.60. The second kappa shape index (κ2) is 5.97. The summed E-state index contributed by atoms with van der Waals surface area (Å²) in [7, 11) is 1.73. The fourth-order valence-corrected chi connectivity index (χ4v) is 3.28. The minimum absolute atomic E-state index is 0.0579. The summed E-state index contributed by atoms with van der Waals surface area (Å²) in [4.78, 5) is 17.0. The Balaban J connectivity index is 1.70. The standard InChI is InChI=1S/C15H22N2O3/c1-19-14-8-13(9-16-5-2-3-6-16)17(10-14)15(18)12-4-7-20-11-12/h4,7,11,13-14H,2-3,5-6,8-10H2,1H3/t13-,14-/m0/s1. The number of nitrogens with zero attached hydrogens (tertiary/aromatic N) is 2. The average molecular weight is 278 g/mol. The molecule has 2 aliphatic heterocycles. The zero-order chi connectivity index (χ0) is 13.9. The van der Waals surface area contributed by atoms with Crippen molar-refractivity contribution in [2.24, 2.45) is 0 Å². The second-order valence-electron chi connectivity index (χ2n) is 5.72. The van der Waals surface area contributed by atoms with Gasteiger partial charge in [0.25, 0.3) is 5.91 Å². The minimum atomic E-state index is 0.0579. The van der Waals surface area contributed by atoms with E-state index in [1.165, 1.54) is 19.1 Å². The van der Waals surface area contributed by atoms with Crippen LogP contribution in [0.2, 0.25) is 0 Å². The van der Waals surface area contributed by atoms with Gasteiger partial charge < -0.3 is 19.0 Å². The molecule has 0 radical (unpaired) electrons. The van der Waals surface area contributed by atoms with Gasteiger partial charge in [-0.3, -0.25) is 4.79 Å². The lowest BCUT2D eigenvalue weighted by atomic mass is 10.1. The molecule has 0 aliphatic carbocycles. The van der Waals surface area contributed by atoms with Crippen LogP contribution in [-0.4, -0.2) is 61.1 Å². The van der Waals surface area contributed by atoms with Gasteiger partial charge in [-0.2, -0.15) is 0 Å². The summed E-state index contributed by atoms with van der Waals surface area (Å²) in [5.41, 5.74) is 0.633. The van der Waals surface area contributed by atoms with Crippen molar-refractivity contribution in [3.05, 3.63) is 24.2 Å². The topological polar surface area (TPSA) is 45.9 Å². The summed E-state index contributed by atoms with van der Waals surface area (Å²) in [6, 6.07) is 1.98. The van der Waals surface area contributed by atoms with Gasteiger partial charge in [0.05, 0.1) is 17.9 Å². The van der Waals surface area contributed by atoms with E-state index in [-0.39, 0.29) is 18.1 Å². The van der Waals surface area contributed by atoms with E-state index in [1.807, 2.05) is 4.90 Å². The van der Waals surface area contributed by atoms with Crippen LogP contribution in [0.3, 0.4) is 0 Å². The van der Waals surface area contributed by atoms with E-state index in [9.17, 15) is 4.79 Å². The lowest BCUT2D eigenvalue weighted by Crippen LogP contribution is -2.42. The van der Waals surface area contributed by atoms with Crippen LogP contribution in [0.15, 0.2) is 23.0 Å². The maximum absolute atomic E-state index is 12.5. The number of hydrogen-bond donors (Lipinski definition) is 0. The van der Waals surface area contributed by atoms with Crippen LogP contribution in [0.1, 0.15) is 29.6 Å². The lowest BCUT2D eigenvalue weighted by Gasteiger charge is -2.27.